The fourth-order valence-electron chi connectivity index (χ4n) is 2.57. The lowest BCUT2D eigenvalue weighted by Crippen LogP contribution is -2.19. The van der Waals surface area contributed by atoms with Crippen LogP contribution in [0.15, 0.2) is 77.7 Å². The Morgan fingerprint density at radius 1 is 1.16 bits per heavy atom. The standard InChI is InChI=1S/C20H21N3O2/c1-14-9-8-10-17(13-14)15(2)19(20(24)25-4)16(3)23(22-21)18-11-6-5-7-12-18/h5-13,21H,2H2,1,3-4H3/b19-16+,22-21?. The Balaban J connectivity index is 2.58. The number of rotatable bonds is 6. The highest BCUT2D eigenvalue weighted by Gasteiger charge is 2.22. The summed E-state index contributed by atoms with van der Waals surface area (Å²) in [6.45, 7) is 7.77. The first-order chi connectivity index (χ1) is 12.0. The summed E-state index contributed by atoms with van der Waals surface area (Å²) < 4.78 is 4.95. The van der Waals surface area contributed by atoms with E-state index < -0.39 is 5.97 Å². The Kier molecular flexibility index (Phi) is 5.84. The van der Waals surface area contributed by atoms with Gasteiger partial charge in [0.2, 0.25) is 0 Å². The minimum absolute atomic E-state index is 0.285. The molecule has 0 aliphatic carbocycles. The van der Waals surface area contributed by atoms with Gasteiger partial charge in [-0.05, 0) is 37.1 Å². The number of aryl methyl sites for hydroxylation is 1. The smallest absolute Gasteiger partial charge is 0.340 e. The number of nitrogens with zero attached hydrogens (tertiary/aromatic N) is 2. The zero-order chi connectivity index (χ0) is 18.4. The molecule has 0 aliphatic rings. The van der Waals surface area contributed by atoms with Crippen LogP contribution in [0.3, 0.4) is 0 Å². The normalized spacial score (nSPS) is 11.3. The van der Waals surface area contributed by atoms with E-state index in [2.05, 4.69) is 11.8 Å². The van der Waals surface area contributed by atoms with Crippen molar-refractivity contribution in [2.24, 2.45) is 5.22 Å². The Hall–Kier alpha value is -3.21. The Morgan fingerprint density at radius 2 is 1.84 bits per heavy atom. The summed E-state index contributed by atoms with van der Waals surface area (Å²) >= 11 is 0. The number of carbonyl (C=O) groups excluding carboxylic acids is 1. The van der Waals surface area contributed by atoms with E-state index in [9.17, 15) is 4.79 Å². The molecule has 128 valence electrons. The van der Waals surface area contributed by atoms with Crippen LogP contribution in [0.25, 0.3) is 5.57 Å². The summed E-state index contributed by atoms with van der Waals surface area (Å²) in [6, 6.07) is 16.9. The summed E-state index contributed by atoms with van der Waals surface area (Å²) in [5.74, 6) is -0.520. The van der Waals surface area contributed by atoms with Crippen LogP contribution in [-0.4, -0.2) is 13.1 Å². The van der Waals surface area contributed by atoms with Gasteiger partial charge in [-0.15, -0.1) is 0 Å². The molecule has 0 saturated carbocycles. The van der Waals surface area contributed by atoms with E-state index in [1.165, 1.54) is 12.1 Å². The van der Waals surface area contributed by atoms with Crippen LogP contribution in [0.1, 0.15) is 18.1 Å². The Labute approximate surface area is 147 Å². The number of hydrogen-bond acceptors (Lipinski definition) is 4. The molecular weight excluding hydrogens is 314 g/mol. The van der Waals surface area contributed by atoms with Crippen molar-refractivity contribution in [2.75, 3.05) is 12.1 Å². The maximum absolute atomic E-state index is 12.4. The lowest BCUT2D eigenvalue weighted by molar-refractivity contribution is -0.135. The van der Waals surface area contributed by atoms with Gasteiger partial charge < -0.3 is 4.74 Å². The largest absolute Gasteiger partial charge is 0.465 e. The molecule has 0 fully saturated rings. The molecule has 0 radical (unpaired) electrons. The second kappa shape index (κ2) is 8.06. The molecule has 0 heterocycles. The van der Waals surface area contributed by atoms with Crippen LogP contribution < -0.4 is 5.01 Å². The van der Waals surface area contributed by atoms with Crippen molar-refractivity contribution in [3.8, 4) is 0 Å². The molecule has 0 aromatic heterocycles. The van der Waals surface area contributed by atoms with Crippen molar-refractivity contribution < 1.29 is 9.53 Å². The summed E-state index contributed by atoms with van der Waals surface area (Å²) in [6.07, 6.45) is 0. The topological polar surface area (TPSA) is 65.8 Å². The monoisotopic (exact) mass is 335 g/mol. The van der Waals surface area contributed by atoms with Crippen LogP contribution in [0.5, 0.6) is 0 Å². The predicted molar refractivity (Wildman–Crippen MR) is 99.0 cm³/mol. The van der Waals surface area contributed by atoms with Gasteiger partial charge in [0, 0.05) is 0 Å². The Bertz CT molecular complexity index is 826. The van der Waals surface area contributed by atoms with Gasteiger partial charge in [-0.1, -0.05) is 59.8 Å². The third-order valence-corrected chi connectivity index (χ3v) is 3.84. The van der Waals surface area contributed by atoms with Gasteiger partial charge in [0.15, 0.2) is 0 Å². The summed E-state index contributed by atoms with van der Waals surface area (Å²) in [5.41, 5.74) is 11.4. The molecule has 0 amide bonds. The average Bonchev–Trinajstić information content (AvgIpc) is 2.63. The van der Waals surface area contributed by atoms with Crippen molar-refractivity contribution >= 4 is 17.2 Å². The molecule has 5 heteroatoms. The first-order valence-electron chi connectivity index (χ1n) is 7.77. The van der Waals surface area contributed by atoms with Crippen molar-refractivity contribution in [3.63, 3.8) is 0 Å². The Morgan fingerprint density at radius 3 is 2.40 bits per heavy atom. The first-order valence-corrected chi connectivity index (χ1v) is 7.77. The molecule has 1 N–H and O–H groups in total. The van der Waals surface area contributed by atoms with Crippen LogP contribution >= 0.6 is 0 Å². The van der Waals surface area contributed by atoms with Crippen molar-refractivity contribution in [1.29, 1.82) is 5.53 Å². The van der Waals surface area contributed by atoms with Crippen LogP contribution in [-0.2, 0) is 9.53 Å². The number of ether oxygens (including phenoxy) is 1. The molecule has 0 saturated heterocycles. The average molecular weight is 335 g/mol. The number of para-hydroxylation sites is 1. The molecule has 25 heavy (non-hydrogen) atoms. The van der Waals surface area contributed by atoms with Crippen molar-refractivity contribution in [2.45, 2.75) is 13.8 Å². The van der Waals surface area contributed by atoms with Gasteiger partial charge in [0.25, 0.3) is 0 Å². The second-order valence-electron chi connectivity index (χ2n) is 5.55. The molecule has 0 spiro atoms. The highest BCUT2D eigenvalue weighted by molar-refractivity contribution is 6.06. The predicted octanol–water partition coefficient (Wildman–Crippen LogP) is 4.91. The number of hydrogen-bond donors (Lipinski definition) is 1. The number of methoxy groups -OCH3 is 1. The molecule has 0 unspecified atom stereocenters. The number of nitrogens with one attached hydrogen (secondary N) is 1. The minimum atomic E-state index is -0.520. The van der Waals surface area contributed by atoms with Crippen LogP contribution in [0.4, 0.5) is 5.69 Å². The number of esters is 1. The van der Waals surface area contributed by atoms with Crippen LogP contribution in [0.2, 0.25) is 0 Å². The fraction of sp³-hybridized carbons (Fsp3) is 0.150. The quantitative estimate of drug-likeness (QED) is 0.268. The van der Waals surface area contributed by atoms with Gasteiger partial charge in [-0.2, -0.15) is 5.53 Å². The van der Waals surface area contributed by atoms with Gasteiger partial charge in [-0.3, -0.25) is 0 Å². The molecule has 0 bridgehead atoms. The van der Waals surface area contributed by atoms with E-state index in [1.807, 2.05) is 61.5 Å². The van der Waals surface area contributed by atoms with Gasteiger partial charge in [0.05, 0.1) is 24.1 Å². The molecule has 0 atom stereocenters. The molecule has 5 nitrogen and oxygen atoms in total. The third kappa shape index (κ3) is 4.01. The highest BCUT2D eigenvalue weighted by Crippen LogP contribution is 2.30. The zero-order valence-corrected chi connectivity index (χ0v) is 14.6. The van der Waals surface area contributed by atoms with E-state index in [0.717, 1.165) is 11.1 Å². The second-order valence-corrected chi connectivity index (χ2v) is 5.55. The van der Waals surface area contributed by atoms with Gasteiger partial charge >= 0.3 is 5.97 Å². The summed E-state index contributed by atoms with van der Waals surface area (Å²) in [4.78, 5) is 12.4. The zero-order valence-electron chi connectivity index (χ0n) is 14.6. The lowest BCUT2D eigenvalue weighted by atomic mass is 9.96. The highest BCUT2D eigenvalue weighted by atomic mass is 16.5. The van der Waals surface area contributed by atoms with Crippen molar-refractivity contribution in [1.82, 2.24) is 0 Å². The summed E-state index contributed by atoms with van der Waals surface area (Å²) in [5, 5.41) is 4.95. The van der Waals surface area contributed by atoms with Gasteiger partial charge in [-0.25, -0.2) is 9.80 Å². The van der Waals surface area contributed by atoms with E-state index >= 15 is 0 Å². The molecule has 2 aromatic carbocycles. The first kappa shape index (κ1) is 18.1. The lowest BCUT2D eigenvalue weighted by Gasteiger charge is -2.21. The maximum atomic E-state index is 12.4. The van der Waals surface area contributed by atoms with Gasteiger partial charge in [0.1, 0.15) is 0 Å². The number of benzene rings is 2. The SMILES string of the molecule is C=C(/C(C(=O)OC)=C(/C)N(N=N)c1ccccc1)c1cccc(C)c1. The van der Waals surface area contributed by atoms with Crippen LogP contribution in [0, 0.1) is 12.5 Å². The van der Waals surface area contributed by atoms with E-state index in [1.54, 1.807) is 6.92 Å². The number of anilines is 1. The molecule has 2 aromatic rings. The molecule has 0 aliphatic heterocycles. The molecule has 2 rings (SSSR count). The maximum Gasteiger partial charge on any atom is 0.340 e. The fourth-order valence-corrected chi connectivity index (χ4v) is 2.57. The molecular formula is C20H21N3O2. The van der Waals surface area contributed by atoms with E-state index in [0.29, 0.717) is 17.0 Å². The van der Waals surface area contributed by atoms with E-state index in [-0.39, 0.29) is 5.57 Å². The minimum Gasteiger partial charge on any atom is -0.465 e. The number of allylic oxidation sites excluding steroid dienone is 1. The summed E-state index contributed by atoms with van der Waals surface area (Å²) in [7, 11) is 1.32. The third-order valence-electron chi connectivity index (χ3n) is 3.84. The number of carbonyl (C=O) groups is 1. The van der Waals surface area contributed by atoms with Crippen molar-refractivity contribution in [3.05, 3.63) is 83.6 Å². The van der Waals surface area contributed by atoms with E-state index in [4.69, 9.17) is 10.3 Å².